The van der Waals surface area contributed by atoms with E-state index >= 15 is 0 Å². The second kappa shape index (κ2) is 13.4. The van der Waals surface area contributed by atoms with Crippen LogP contribution in [-0.2, 0) is 11.3 Å². The number of aryl methyl sites for hydroxylation is 2. The van der Waals surface area contributed by atoms with Gasteiger partial charge in [-0.1, -0.05) is 12.1 Å². The minimum absolute atomic E-state index is 0. The van der Waals surface area contributed by atoms with E-state index in [2.05, 4.69) is 36.6 Å². The summed E-state index contributed by atoms with van der Waals surface area (Å²) in [4.78, 5) is 20.9. The number of hydrogen-bond donors (Lipinski definition) is 3. The number of alkyl carbamates (subject to hydrolysis) is 1. The quantitative estimate of drug-likeness (QED) is 0.193. The molecule has 0 unspecified atom stereocenters. The van der Waals surface area contributed by atoms with Gasteiger partial charge >= 0.3 is 6.09 Å². The number of rotatable bonds is 9. The van der Waals surface area contributed by atoms with Gasteiger partial charge in [0.05, 0.1) is 11.0 Å². The Morgan fingerprint density at radius 3 is 2.55 bits per heavy atom. The molecule has 8 nitrogen and oxygen atoms in total. The lowest BCUT2D eigenvalue weighted by Crippen LogP contribution is -2.39. The molecule has 174 valence electrons. The number of halogens is 1. The second-order valence-corrected chi connectivity index (χ2v) is 8.12. The Bertz CT molecular complexity index is 844. The van der Waals surface area contributed by atoms with Crippen LogP contribution < -0.4 is 16.0 Å². The summed E-state index contributed by atoms with van der Waals surface area (Å²) in [7, 11) is 0. The van der Waals surface area contributed by atoms with Crippen molar-refractivity contribution in [1.82, 2.24) is 25.5 Å². The lowest BCUT2D eigenvalue weighted by molar-refractivity contribution is 0.0527. The van der Waals surface area contributed by atoms with Gasteiger partial charge < -0.3 is 25.3 Å². The third-order valence-electron chi connectivity index (χ3n) is 4.31. The number of guanidine groups is 1. The number of hydrogen-bond acceptors (Lipinski definition) is 4. The van der Waals surface area contributed by atoms with Crippen LogP contribution >= 0.6 is 24.0 Å². The van der Waals surface area contributed by atoms with Crippen LogP contribution in [0.4, 0.5) is 4.79 Å². The van der Waals surface area contributed by atoms with Gasteiger partial charge in [0.2, 0.25) is 0 Å². The Kier molecular flexibility index (Phi) is 11.7. The molecule has 0 atom stereocenters. The maximum absolute atomic E-state index is 11.6. The van der Waals surface area contributed by atoms with Crippen LogP contribution in [0.15, 0.2) is 29.3 Å². The molecule has 3 N–H and O–H groups in total. The highest BCUT2D eigenvalue weighted by Gasteiger charge is 2.15. The monoisotopic (exact) mass is 544 g/mol. The predicted octanol–water partition coefficient (Wildman–Crippen LogP) is 3.82. The van der Waals surface area contributed by atoms with Crippen LogP contribution in [0.25, 0.3) is 11.0 Å². The third-order valence-corrected chi connectivity index (χ3v) is 4.31. The highest BCUT2D eigenvalue weighted by Crippen LogP contribution is 2.15. The lowest BCUT2D eigenvalue weighted by Gasteiger charge is -2.19. The molecule has 9 heteroatoms. The van der Waals surface area contributed by atoms with Crippen molar-refractivity contribution in [3.63, 3.8) is 0 Å². The second-order valence-electron chi connectivity index (χ2n) is 8.12. The zero-order chi connectivity index (χ0) is 22.0. The molecule has 31 heavy (non-hydrogen) atoms. The molecule has 1 aromatic heterocycles. The Labute approximate surface area is 202 Å². The predicted molar refractivity (Wildman–Crippen MR) is 137 cm³/mol. The molecule has 0 saturated heterocycles. The van der Waals surface area contributed by atoms with E-state index in [-0.39, 0.29) is 30.1 Å². The molecule has 1 aromatic carbocycles. The molecule has 2 rings (SSSR count). The molecule has 0 aliphatic rings. The van der Waals surface area contributed by atoms with E-state index in [0.29, 0.717) is 13.1 Å². The van der Waals surface area contributed by atoms with Crippen molar-refractivity contribution < 1.29 is 9.53 Å². The fourth-order valence-corrected chi connectivity index (χ4v) is 3.04. The molecule has 1 amide bonds. The van der Waals surface area contributed by atoms with E-state index in [1.165, 1.54) is 5.52 Å². The van der Waals surface area contributed by atoms with E-state index < -0.39 is 5.60 Å². The summed E-state index contributed by atoms with van der Waals surface area (Å²) in [6.07, 6.45) is 1.33. The number of amides is 1. The van der Waals surface area contributed by atoms with Crippen LogP contribution in [0.2, 0.25) is 0 Å². The summed E-state index contributed by atoms with van der Waals surface area (Å²) >= 11 is 0. The van der Waals surface area contributed by atoms with Crippen LogP contribution in [0.1, 0.15) is 46.4 Å². The summed E-state index contributed by atoms with van der Waals surface area (Å²) in [5, 5.41) is 9.32. The van der Waals surface area contributed by atoms with Gasteiger partial charge in [0.1, 0.15) is 11.4 Å². The number of benzene rings is 1. The lowest BCUT2D eigenvalue weighted by atomic mass is 10.2. The van der Waals surface area contributed by atoms with E-state index in [0.717, 1.165) is 49.8 Å². The first-order valence-corrected chi connectivity index (χ1v) is 10.7. The number of imidazole rings is 1. The number of nitrogens with zero attached hydrogens (tertiary/aromatic N) is 3. The fourth-order valence-electron chi connectivity index (χ4n) is 3.04. The fraction of sp³-hybridized carbons (Fsp3) is 0.591. The summed E-state index contributed by atoms with van der Waals surface area (Å²) < 4.78 is 7.47. The van der Waals surface area contributed by atoms with Gasteiger partial charge in [-0.05, 0) is 59.6 Å². The molecule has 2 aromatic rings. The van der Waals surface area contributed by atoms with Gasteiger partial charge in [0, 0.05) is 32.7 Å². The van der Waals surface area contributed by atoms with Gasteiger partial charge in [-0.25, -0.2) is 9.78 Å². The van der Waals surface area contributed by atoms with Crippen molar-refractivity contribution in [2.75, 3.05) is 26.2 Å². The molecule has 0 radical (unpaired) electrons. The minimum Gasteiger partial charge on any atom is -0.444 e. The zero-order valence-corrected chi connectivity index (χ0v) is 21.7. The van der Waals surface area contributed by atoms with Crippen LogP contribution in [0, 0.1) is 6.92 Å². The van der Waals surface area contributed by atoms with E-state index in [9.17, 15) is 4.79 Å². The third kappa shape index (κ3) is 9.75. The Morgan fingerprint density at radius 2 is 1.84 bits per heavy atom. The molecule has 0 fully saturated rings. The average Bonchev–Trinajstić information content (AvgIpc) is 2.98. The smallest absolute Gasteiger partial charge is 0.407 e. The van der Waals surface area contributed by atoms with Crippen molar-refractivity contribution in [2.24, 2.45) is 4.99 Å². The minimum atomic E-state index is -0.477. The number of ether oxygens (including phenoxy) is 1. The van der Waals surface area contributed by atoms with Crippen LogP contribution in [0.3, 0.4) is 0 Å². The van der Waals surface area contributed by atoms with Gasteiger partial charge in [-0.2, -0.15) is 0 Å². The first-order chi connectivity index (χ1) is 14.3. The van der Waals surface area contributed by atoms with Gasteiger partial charge in [0.25, 0.3) is 0 Å². The largest absolute Gasteiger partial charge is 0.444 e. The van der Waals surface area contributed by atoms with Crippen molar-refractivity contribution in [3.8, 4) is 0 Å². The normalized spacial score (nSPS) is 11.7. The molecule has 0 bridgehead atoms. The van der Waals surface area contributed by atoms with E-state index in [4.69, 9.17) is 4.74 Å². The van der Waals surface area contributed by atoms with Crippen LogP contribution in [0.5, 0.6) is 0 Å². The Hall–Kier alpha value is -2.04. The number of carbonyl (C=O) groups is 1. The summed E-state index contributed by atoms with van der Waals surface area (Å²) in [5.74, 6) is 1.82. The number of fused-ring (bicyclic) bond motifs is 1. The van der Waals surface area contributed by atoms with Gasteiger partial charge in [0.15, 0.2) is 5.96 Å². The molecule has 0 aliphatic heterocycles. The maximum Gasteiger partial charge on any atom is 0.407 e. The molecule has 1 heterocycles. The highest BCUT2D eigenvalue weighted by atomic mass is 127. The maximum atomic E-state index is 11.6. The van der Waals surface area contributed by atoms with E-state index in [1.54, 1.807) is 0 Å². The number of carbonyl (C=O) groups excluding carboxylic acids is 1. The SMILES string of the molecule is CCNC(=NCCCn1c(C)nc2ccccc21)NCCCNC(=O)OC(C)(C)C.I. The van der Waals surface area contributed by atoms with Crippen molar-refractivity contribution in [2.45, 2.75) is 59.6 Å². The Morgan fingerprint density at radius 1 is 1.13 bits per heavy atom. The number of aliphatic imine (C=N–C) groups is 1. The number of nitrogens with one attached hydrogen (secondary N) is 3. The number of aromatic nitrogens is 2. The molecular formula is C22H37IN6O2. The Balaban J connectivity index is 0.00000480. The first-order valence-electron chi connectivity index (χ1n) is 10.7. The summed E-state index contributed by atoms with van der Waals surface area (Å²) in [6.45, 7) is 13.3. The van der Waals surface area contributed by atoms with E-state index in [1.807, 2.05) is 52.8 Å². The first kappa shape index (κ1) is 27.0. The van der Waals surface area contributed by atoms with Crippen LogP contribution in [-0.4, -0.2) is 53.4 Å². The van der Waals surface area contributed by atoms with Gasteiger partial charge in [-0.15, -0.1) is 24.0 Å². The topological polar surface area (TPSA) is 92.6 Å². The standard InChI is InChI=1S/C22H36N6O2.HI/c1-6-23-20(24-13-9-14-26-21(29)30-22(3,4)5)25-15-10-16-28-17(2)27-18-11-7-8-12-19(18)28;/h7-8,11-12H,6,9-10,13-16H2,1-5H3,(H,26,29)(H2,23,24,25);1H. The highest BCUT2D eigenvalue weighted by molar-refractivity contribution is 14.0. The van der Waals surface area contributed by atoms with Crippen molar-refractivity contribution >= 4 is 47.1 Å². The van der Waals surface area contributed by atoms with Gasteiger partial charge in [-0.3, -0.25) is 4.99 Å². The average molecular weight is 544 g/mol. The molecular weight excluding hydrogens is 507 g/mol. The summed E-state index contributed by atoms with van der Waals surface area (Å²) in [6, 6.07) is 8.21. The molecule has 0 aliphatic carbocycles. The number of para-hydroxylation sites is 2. The summed E-state index contributed by atoms with van der Waals surface area (Å²) in [5.41, 5.74) is 1.73. The van der Waals surface area contributed by atoms with Crippen molar-refractivity contribution in [3.05, 3.63) is 30.1 Å². The molecule has 0 spiro atoms. The zero-order valence-electron chi connectivity index (χ0n) is 19.3. The molecule has 0 saturated carbocycles. The van der Waals surface area contributed by atoms with Crippen molar-refractivity contribution in [1.29, 1.82) is 0 Å².